The summed E-state index contributed by atoms with van der Waals surface area (Å²) in [6.45, 7) is 17.7. The highest BCUT2D eigenvalue weighted by molar-refractivity contribution is 4.79. The van der Waals surface area contributed by atoms with Crippen molar-refractivity contribution in [3.05, 3.63) is 0 Å². The SMILES string of the molecule is CC(C)(C)OCC[N+]1(C)CCC(CC(C)(C)OCC2CC[N+]2(C)C)C1. The molecule has 0 aromatic carbocycles. The molecule has 0 spiro atoms. The normalized spacial score (nSPS) is 32.6. The van der Waals surface area contributed by atoms with Crippen LogP contribution in [0.25, 0.3) is 0 Å². The Morgan fingerprint density at radius 1 is 0.920 bits per heavy atom. The van der Waals surface area contributed by atoms with Crippen LogP contribution in [0.1, 0.15) is 53.9 Å². The van der Waals surface area contributed by atoms with E-state index in [1.165, 1.54) is 38.9 Å². The molecule has 0 aromatic rings. The second-order valence-electron chi connectivity index (χ2n) is 11.1. The van der Waals surface area contributed by atoms with Crippen LogP contribution in [-0.2, 0) is 9.47 Å². The van der Waals surface area contributed by atoms with Crippen molar-refractivity contribution in [2.75, 3.05) is 60.5 Å². The molecule has 0 N–H and O–H groups in total. The molecule has 0 aliphatic carbocycles. The van der Waals surface area contributed by atoms with E-state index < -0.39 is 0 Å². The minimum atomic E-state index is -0.0259. The monoisotopic (exact) mass is 356 g/mol. The summed E-state index contributed by atoms with van der Waals surface area (Å²) < 4.78 is 14.6. The molecule has 0 aromatic heterocycles. The van der Waals surface area contributed by atoms with Gasteiger partial charge in [-0.1, -0.05) is 0 Å². The third kappa shape index (κ3) is 6.50. The lowest BCUT2D eigenvalue weighted by molar-refractivity contribution is -0.955. The standard InChI is InChI=1S/C21H44N2O2/c1-20(2,3)24-14-13-23(8)12-9-18(16-23)15-21(4,5)25-17-19-10-11-22(19,6)7/h18-19H,9-17H2,1-8H3/q+2. The lowest BCUT2D eigenvalue weighted by atomic mass is 9.92. The Kier molecular flexibility index (Phi) is 6.31. The Bertz CT molecular complexity index is 442. The summed E-state index contributed by atoms with van der Waals surface area (Å²) in [5.74, 6) is 0.776. The Hall–Kier alpha value is -0.160. The molecule has 2 aliphatic heterocycles. The van der Waals surface area contributed by atoms with Crippen molar-refractivity contribution in [3.8, 4) is 0 Å². The van der Waals surface area contributed by atoms with E-state index in [0.29, 0.717) is 6.04 Å². The summed E-state index contributed by atoms with van der Waals surface area (Å²) in [6.07, 6.45) is 3.82. The molecular formula is C21H44N2O2+2. The minimum absolute atomic E-state index is 0.00264. The van der Waals surface area contributed by atoms with Gasteiger partial charge in [0, 0.05) is 12.3 Å². The Balaban J connectivity index is 1.73. The third-order valence-electron chi connectivity index (χ3n) is 6.42. The molecule has 0 radical (unpaired) electrons. The van der Waals surface area contributed by atoms with Gasteiger partial charge in [0.1, 0.15) is 12.6 Å². The second kappa shape index (κ2) is 7.46. The number of hydrogen-bond acceptors (Lipinski definition) is 2. The first kappa shape index (κ1) is 21.1. The van der Waals surface area contributed by atoms with Crippen LogP contribution in [0, 0.1) is 5.92 Å². The molecule has 0 bridgehead atoms. The molecule has 3 unspecified atom stereocenters. The molecule has 2 heterocycles. The highest BCUT2D eigenvalue weighted by Crippen LogP contribution is 2.32. The van der Waals surface area contributed by atoms with E-state index in [-0.39, 0.29) is 11.2 Å². The number of likely N-dealkylation sites (N-methyl/N-ethyl adjacent to an activating group) is 2. The first-order valence-corrected chi connectivity index (χ1v) is 10.2. The van der Waals surface area contributed by atoms with Crippen molar-refractivity contribution in [1.82, 2.24) is 0 Å². The maximum atomic E-state index is 6.38. The van der Waals surface area contributed by atoms with Gasteiger partial charge in [0.05, 0.1) is 71.6 Å². The third-order valence-corrected chi connectivity index (χ3v) is 6.42. The summed E-state index contributed by atoms with van der Waals surface area (Å²) in [5.41, 5.74) is -0.0285. The van der Waals surface area contributed by atoms with Crippen LogP contribution in [-0.4, -0.2) is 86.7 Å². The second-order valence-corrected chi connectivity index (χ2v) is 11.1. The van der Waals surface area contributed by atoms with E-state index in [1.54, 1.807) is 0 Å². The quantitative estimate of drug-likeness (QED) is 0.621. The fourth-order valence-corrected chi connectivity index (χ4v) is 4.43. The molecule has 3 atom stereocenters. The summed E-state index contributed by atoms with van der Waals surface area (Å²) in [6, 6.07) is 0.693. The zero-order valence-electron chi connectivity index (χ0n) is 18.2. The number of rotatable bonds is 8. The Labute approximate surface area is 156 Å². The van der Waals surface area contributed by atoms with Gasteiger partial charge in [-0.2, -0.15) is 0 Å². The van der Waals surface area contributed by atoms with E-state index in [9.17, 15) is 0 Å². The molecule has 4 heteroatoms. The van der Waals surface area contributed by atoms with E-state index in [0.717, 1.165) is 34.6 Å². The smallest absolute Gasteiger partial charge is 0.118 e. The summed E-state index contributed by atoms with van der Waals surface area (Å²) in [7, 11) is 7.04. The largest absolute Gasteiger partial charge is 0.370 e. The molecule has 25 heavy (non-hydrogen) atoms. The maximum Gasteiger partial charge on any atom is 0.118 e. The number of hydrogen-bond donors (Lipinski definition) is 0. The first-order chi connectivity index (χ1) is 11.3. The van der Waals surface area contributed by atoms with Crippen LogP contribution in [0.3, 0.4) is 0 Å². The summed E-state index contributed by atoms with van der Waals surface area (Å²) in [5, 5.41) is 0. The minimum Gasteiger partial charge on any atom is -0.370 e. The van der Waals surface area contributed by atoms with Gasteiger partial charge in [-0.15, -0.1) is 0 Å². The number of nitrogens with zero attached hydrogens (tertiary/aromatic N) is 2. The fraction of sp³-hybridized carbons (Fsp3) is 1.00. The maximum absolute atomic E-state index is 6.38. The number of quaternary nitrogens is 2. The molecule has 2 fully saturated rings. The van der Waals surface area contributed by atoms with Crippen molar-refractivity contribution >= 4 is 0 Å². The van der Waals surface area contributed by atoms with Crippen molar-refractivity contribution in [2.45, 2.75) is 71.1 Å². The van der Waals surface area contributed by atoms with E-state index >= 15 is 0 Å². The number of likely N-dealkylation sites (tertiary alicyclic amines) is 2. The predicted octanol–water partition coefficient (Wildman–Crippen LogP) is 3.30. The van der Waals surface area contributed by atoms with Crippen molar-refractivity contribution in [1.29, 1.82) is 0 Å². The highest BCUT2D eigenvalue weighted by Gasteiger charge is 2.41. The molecule has 2 saturated heterocycles. The average Bonchev–Trinajstić information content (AvgIpc) is 2.76. The van der Waals surface area contributed by atoms with Crippen molar-refractivity contribution in [3.63, 3.8) is 0 Å². The van der Waals surface area contributed by atoms with Gasteiger partial charge in [-0.05, 0) is 41.0 Å². The zero-order chi connectivity index (χ0) is 18.9. The van der Waals surface area contributed by atoms with Crippen LogP contribution in [0.5, 0.6) is 0 Å². The Morgan fingerprint density at radius 3 is 2.12 bits per heavy atom. The van der Waals surface area contributed by atoms with E-state index in [4.69, 9.17) is 9.47 Å². The topological polar surface area (TPSA) is 18.5 Å². The highest BCUT2D eigenvalue weighted by atomic mass is 16.5. The lowest BCUT2D eigenvalue weighted by Gasteiger charge is -2.47. The molecule has 0 amide bonds. The van der Waals surface area contributed by atoms with Gasteiger partial charge in [-0.25, -0.2) is 0 Å². The van der Waals surface area contributed by atoms with E-state index in [1.807, 2.05) is 0 Å². The van der Waals surface area contributed by atoms with Crippen LogP contribution in [0.4, 0.5) is 0 Å². The van der Waals surface area contributed by atoms with Crippen LogP contribution in [0.2, 0.25) is 0 Å². The molecule has 2 rings (SSSR count). The molecule has 148 valence electrons. The molecular weight excluding hydrogens is 312 g/mol. The van der Waals surface area contributed by atoms with Gasteiger partial charge in [-0.3, -0.25) is 0 Å². The van der Waals surface area contributed by atoms with Crippen molar-refractivity contribution in [2.24, 2.45) is 5.92 Å². The number of ether oxygens (including phenoxy) is 2. The Morgan fingerprint density at radius 2 is 1.60 bits per heavy atom. The van der Waals surface area contributed by atoms with Gasteiger partial charge >= 0.3 is 0 Å². The molecule has 2 aliphatic rings. The molecule has 4 nitrogen and oxygen atoms in total. The van der Waals surface area contributed by atoms with Gasteiger partial charge in [0.15, 0.2) is 0 Å². The average molecular weight is 357 g/mol. The van der Waals surface area contributed by atoms with Gasteiger partial charge < -0.3 is 18.4 Å². The van der Waals surface area contributed by atoms with Crippen LogP contribution < -0.4 is 0 Å². The van der Waals surface area contributed by atoms with Gasteiger partial charge in [0.25, 0.3) is 0 Å². The van der Waals surface area contributed by atoms with E-state index in [2.05, 4.69) is 55.8 Å². The fourth-order valence-electron chi connectivity index (χ4n) is 4.43. The van der Waals surface area contributed by atoms with Crippen LogP contribution in [0.15, 0.2) is 0 Å². The predicted molar refractivity (Wildman–Crippen MR) is 105 cm³/mol. The molecule has 0 saturated carbocycles. The van der Waals surface area contributed by atoms with Crippen LogP contribution >= 0.6 is 0 Å². The summed E-state index contributed by atoms with van der Waals surface area (Å²) >= 11 is 0. The van der Waals surface area contributed by atoms with Crippen molar-refractivity contribution < 1.29 is 18.4 Å². The van der Waals surface area contributed by atoms with Gasteiger partial charge in [0.2, 0.25) is 0 Å². The zero-order valence-corrected chi connectivity index (χ0v) is 18.2. The first-order valence-electron chi connectivity index (χ1n) is 10.2. The lowest BCUT2D eigenvalue weighted by Crippen LogP contribution is -2.62. The summed E-state index contributed by atoms with van der Waals surface area (Å²) in [4.78, 5) is 0.